The zero-order valence-corrected chi connectivity index (χ0v) is 13.0. The zero-order chi connectivity index (χ0) is 15.7. The number of anilines is 1. The first kappa shape index (κ1) is 17.0. The van der Waals surface area contributed by atoms with E-state index >= 15 is 0 Å². The first-order chi connectivity index (χ1) is 10.1. The summed E-state index contributed by atoms with van der Waals surface area (Å²) in [6.07, 6.45) is 0.882. The first-order valence-electron chi connectivity index (χ1n) is 7.35. The van der Waals surface area contributed by atoms with Crippen LogP contribution in [0.3, 0.4) is 0 Å². The molecule has 116 valence electrons. The number of nitrogens with one attached hydrogen (secondary N) is 1. The lowest BCUT2D eigenvalue weighted by Gasteiger charge is -2.23. The number of carbonyl (C=O) groups is 2. The molecule has 5 heteroatoms. The van der Waals surface area contributed by atoms with Gasteiger partial charge in [0.25, 0.3) is 0 Å². The van der Waals surface area contributed by atoms with Crippen LogP contribution in [0.1, 0.15) is 37.6 Å². The summed E-state index contributed by atoms with van der Waals surface area (Å²) in [6, 6.07) is 7.41. The summed E-state index contributed by atoms with van der Waals surface area (Å²) in [5, 5.41) is 2.79. The van der Waals surface area contributed by atoms with E-state index in [2.05, 4.69) is 17.1 Å². The lowest BCUT2D eigenvalue weighted by atomic mass is 10.2. The Morgan fingerprint density at radius 1 is 1.19 bits per heavy atom. The van der Waals surface area contributed by atoms with Gasteiger partial charge in [0, 0.05) is 32.2 Å². The summed E-state index contributed by atoms with van der Waals surface area (Å²) in [7, 11) is 0. The van der Waals surface area contributed by atoms with Crippen molar-refractivity contribution in [3.05, 3.63) is 29.8 Å². The van der Waals surface area contributed by atoms with E-state index in [4.69, 9.17) is 4.74 Å². The summed E-state index contributed by atoms with van der Waals surface area (Å²) >= 11 is 0. The Kier molecular flexibility index (Phi) is 7.29. The smallest absolute Gasteiger partial charge is 0.338 e. The monoisotopic (exact) mass is 292 g/mol. The third-order valence-corrected chi connectivity index (χ3v) is 3.10. The van der Waals surface area contributed by atoms with Crippen molar-refractivity contribution in [1.82, 2.24) is 5.32 Å². The van der Waals surface area contributed by atoms with Crippen molar-refractivity contribution < 1.29 is 14.3 Å². The van der Waals surface area contributed by atoms with Gasteiger partial charge in [-0.05, 0) is 44.5 Å². The SMILES string of the molecule is CCOC(=O)c1ccc(N(CC)CCCNC(C)=O)cc1. The number of hydrogen-bond donors (Lipinski definition) is 1. The highest BCUT2D eigenvalue weighted by molar-refractivity contribution is 5.89. The van der Waals surface area contributed by atoms with Crippen LogP contribution in [0.2, 0.25) is 0 Å². The molecule has 1 aromatic carbocycles. The van der Waals surface area contributed by atoms with Gasteiger partial charge in [-0.3, -0.25) is 4.79 Å². The average Bonchev–Trinajstić information content (AvgIpc) is 2.47. The van der Waals surface area contributed by atoms with Crippen LogP contribution < -0.4 is 10.2 Å². The Bertz CT molecular complexity index is 457. The van der Waals surface area contributed by atoms with Crippen LogP contribution in [-0.4, -0.2) is 38.1 Å². The van der Waals surface area contributed by atoms with Crippen molar-refractivity contribution in [2.75, 3.05) is 31.1 Å². The van der Waals surface area contributed by atoms with Gasteiger partial charge < -0.3 is 15.0 Å². The standard InChI is InChI=1S/C16H24N2O3/c1-4-18(12-6-11-17-13(3)19)15-9-7-14(8-10-15)16(20)21-5-2/h7-10H,4-6,11-12H2,1-3H3,(H,17,19). The predicted octanol–water partition coefficient (Wildman–Crippen LogP) is 2.22. The molecule has 1 N–H and O–H groups in total. The molecule has 0 aliphatic rings. The van der Waals surface area contributed by atoms with E-state index in [1.54, 1.807) is 19.1 Å². The van der Waals surface area contributed by atoms with Crippen molar-refractivity contribution in [2.45, 2.75) is 27.2 Å². The number of nitrogens with zero attached hydrogens (tertiary/aromatic N) is 1. The van der Waals surface area contributed by atoms with Crippen LogP contribution in [0.15, 0.2) is 24.3 Å². The Morgan fingerprint density at radius 3 is 2.38 bits per heavy atom. The number of carbonyl (C=O) groups excluding carboxylic acids is 2. The lowest BCUT2D eigenvalue weighted by molar-refractivity contribution is -0.118. The summed E-state index contributed by atoms with van der Waals surface area (Å²) in [4.78, 5) is 24.6. The van der Waals surface area contributed by atoms with Crippen LogP contribution >= 0.6 is 0 Å². The maximum Gasteiger partial charge on any atom is 0.338 e. The minimum absolute atomic E-state index is 0.00293. The Balaban J connectivity index is 2.56. The van der Waals surface area contributed by atoms with Gasteiger partial charge >= 0.3 is 5.97 Å². The third kappa shape index (κ3) is 5.85. The molecule has 0 aliphatic carbocycles. The quantitative estimate of drug-likeness (QED) is 0.589. The number of hydrogen-bond acceptors (Lipinski definition) is 4. The van der Waals surface area contributed by atoms with E-state index in [9.17, 15) is 9.59 Å². The minimum Gasteiger partial charge on any atom is -0.462 e. The molecule has 0 bridgehead atoms. The van der Waals surface area contributed by atoms with Crippen LogP contribution in [0.5, 0.6) is 0 Å². The molecule has 1 amide bonds. The van der Waals surface area contributed by atoms with Gasteiger partial charge in [-0.15, -0.1) is 0 Å². The van der Waals surface area contributed by atoms with Crippen molar-refractivity contribution in [3.63, 3.8) is 0 Å². The summed E-state index contributed by atoms with van der Waals surface area (Å²) in [6.45, 7) is 8.18. The first-order valence-corrected chi connectivity index (χ1v) is 7.35. The molecule has 0 radical (unpaired) electrons. The summed E-state index contributed by atoms with van der Waals surface area (Å²) < 4.78 is 4.96. The summed E-state index contributed by atoms with van der Waals surface area (Å²) in [5.41, 5.74) is 1.63. The zero-order valence-electron chi connectivity index (χ0n) is 13.0. The fraction of sp³-hybridized carbons (Fsp3) is 0.500. The Hall–Kier alpha value is -2.04. The number of benzene rings is 1. The van der Waals surface area contributed by atoms with Crippen LogP contribution in [0.25, 0.3) is 0 Å². The van der Waals surface area contributed by atoms with Crippen molar-refractivity contribution in [3.8, 4) is 0 Å². The minimum atomic E-state index is -0.294. The topological polar surface area (TPSA) is 58.6 Å². The molecule has 0 heterocycles. The van der Waals surface area contributed by atoms with E-state index in [0.717, 1.165) is 25.2 Å². The maximum atomic E-state index is 11.6. The third-order valence-electron chi connectivity index (χ3n) is 3.10. The number of amides is 1. The molecule has 1 rings (SSSR count). The average molecular weight is 292 g/mol. The lowest BCUT2D eigenvalue weighted by Crippen LogP contribution is -2.28. The molecular weight excluding hydrogens is 268 g/mol. The van der Waals surface area contributed by atoms with Crippen molar-refractivity contribution in [2.24, 2.45) is 0 Å². The normalized spacial score (nSPS) is 10.0. The molecule has 0 atom stereocenters. The maximum absolute atomic E-state index is 11.6. The Morgan fingerprint density at radius 2 is 1.86 bits per heavy atom. The highest BCUT2D eigenvalue weighted by Crippen LogP contribution is 2.16. The van der Waals surface area contributed by atoms with E-state index in [0.29, 0.717) is 18.7 Å². The largest absolute Gasteiger partial charge is 0.462 e. The van der Waals surface area contributed by atoms with Crippen LogP contribution in [-0.2, 0) is 9.53 Å². The molecule has 0 saturated heterocycles. The highest BCUT2D eigenvalue weighted by atomic mass is 16.5. The fourth-order valence-corrected chi connectivity index (χ4v) is 2.03. The van der Waals surface area contributed by atoms with E-state index < -0.39 is 0 Å². The van der Waals surface area contributed by atoms with Gasteiger partial charge in [-0.25, -0.2) is 4.79 Å². The van der Waals surface area contributed by atoms with Crippen LogP contribution in [0, 0.1) is 0 Å². The van der Waals surface area contributed by atoms with Gasteiger partial charge in [-0.2, -0.15) is 0 Å². The van der Waals surface area contributed by atoms with Crippen molar-refractivity contribution >= 4 is 17.6 Å². The van der Waals surface area contributed by atoms with Crippen molar-refractivity contribution in [1.29, 1.82) is 0 Å². The van der Waals surface area contributed by atoms with E-state index in [-0.39, 0.29) is 11.9 Å². The van der Waals surface area contributed by atoms with Gasteiger partial charge in [0.05, 0.1) is 12.2 Å². The van der Waals surface area contributed by atoms with Gasteiger partial charge in [0.2, 0.25) is 5.91 Å². The second kappa shape index (κ2) is 9.00. The molecule has 0 spiro atoms. The van der Waals surface area contributed by atoms with Gasteiger partial charge in [-0.1, -0.05) is 0 Å². The number of ether oxygens (including phenoxy) is 1. The molecule has 0 saturated carbocycles. The second-order valence-corrected chi connectivity index (χ2v) is 4.68. The van der Waals surface area contributed by atoms with Gasteiger partial charge in [0.1, 0.15) is 0 Å². The summed E-state index contributed by atoms with van der Waals surface area (Å²) in [5.74, 6) is -0.297. The molecule has 21 heavy (non-hydrogen) atoms. The van der Waals surface area contributed by atoms with Gasteiger partial charge in [0.15, 0.2) is 0 Å². The molecule has 1 aromatic rings. The predicted molar refractivity (Wildman–Crippen MR) is 83.6 cm³/mol. The number of esters is 1. The molecule has 0 aliphatic heterocycles. The molecule has 0 unspecified atom stereocenters. The fourth-order valence-electron chi connectivity index (χ4n) is 2.03. The van der Waals surface area contributed by atoms with Crippen LogP contribution in [0.4, 0.5) is 5.69 Å². The molecular formula is C16H24N2O3. The van der Waals surface area contributed by atoms with E-state index in [1.165, 1.54) is 6.92 Å². The van der Waals surface area contributed by atoms with E-state index in [1.807, 2.05) is 12.1 Å². The highest BCUT2D eigenvalue weighted by Gasteiger charge is 2.08. The Labute approximate surface area is 126 Å². The number of rotatable bonds is 8. The molecule has 0 fully saturated rings. The molecule has 5 nitrogen and oxygen atoms in total. The molecule has 0 aromatic heterocycles. The second-order valence-electron chi connectivity index (χ2n) is 4.68.